The molecule has 2 bridgehead atoms. The third kappa shape index (κ3) is 3.13. The van der Waals surface area contributed by atoms with Crippen LogP contribution in [0.1, 0.15) is 51.0 Å². The molecule has 4 atom stereocenters. The molecule has 4 aliphatic rings. The molecule has 31 heavy (non-hydrogen) atoms. The Hall–Kier alpha value is -1.63. The van der Waals surface area contributed by atoms with E-state index in [1.807, 2.05) is 28.8 Å². The maximum Gasteiger partial charge on any atom is 0.329 e. The molecule has 2 aromatic rings. The van der Waals surface area contributed by atoms with Crippen LogP contribution in [-0.2, 0) is 6.54 Å². The molecule has 6 rings (SSSR count). The summed E-state index contributed by atoms with van der Waals surface area (Å²) < 4.78 is 3.59. The van der Waals surface area contributed by atoms with Crippen LogP contribution >= 0.6 is 0 Å². The Morgan fingerprint density at radius 3 is 2.52 bits per heavy atom. The summed E-state index contributed by atoms with van der Waals surface area (Å²) in [5, 5.41) is 19.2. The number of piperidine rings is 1. The van der Waals surface area contributed by atoms with Crippen LogP contribution in [0.3, 0.4) is 0 Å². The third-order valence-electron chi connectivity index (χ3n) is 9.27. The Morgan fingerprint density at radius 1 is 1.06 bits per heavy atom. The van der Waals surface area contributed by atoms with E-state index in [1.54, 1.807) is 4.57 Å². The first kappa shape index (κ1) is 20.0. The lowest BCUT2D eigenvalue weighted by Crippen LogP contribution is -2.42. The number of imidazole rings is 1. The minimum atomic E-state index is -0.921. The molecule has 3 saturated carbocycles. The summed E-state index contributed by atoms with van der Waals surface area (Å²) in [6.45, 7) is 3.20. The van der Waals surface area contributed by atoms with Crippen molar-refractivity contribution in [1.82, 2.24) is 14.0 Å². The van der Waals surface area contributed by atoms with Crippen molar-refractivity contribution in [2.45, 2.75) is 63.6 Å². The Kier molecular flexibility index (Phi) is 4.82. The van der Waals surface area contributed by atoms with Gasteiger partial charge in [0.2, 0.25) is 0 Å². The molecule has 168 valence electrons. The first-order valence-corrected chi connectivity index (χ1v) is 12.3. The maximum absolute atomic E-state index is 13.3. The van der Waals surface area contributed by atoms with Crippen molar-refractivity contribution in [3.05, 3.63) is 34.7 Å². The fourth-order valence-corrected chi connectivity index (χ4v) is 7.60. The lowest BCUT2D eigenvalue weighted by atomic mass is 9.76. The fraction of sp³-hybridized carbons (Fsp3) is 0.720. The summed E-state index contributed by atoms with van der Waals surface area (Å²) in [6.07, 6.45) is 8.48. The van der Waals surface area contributed by atoms with Gasteiger partial charge in [-0.1, -0.05) is 12.1 Å². The Bertz CT molecular complexity index is 1010. The zero-order valence-electron chi connectivity index (χ0n) is 18.3. The molecule has 6 heteroatoms. The van der Waals surface area contributed by atoms with Crippen molar-refractivity contribution >= 4 is 11.0 Å². The largest absolute Gasteiger partial charge is 0.394 e. The van der Waals surface area contributed by atoms with E-state index in [0.29, 0.717) is 0 Å². The monoisotopic (exact) mass is 425 g/mol. The van der Waals surface area contributed by atoms with Crippen molar-refractivity contribution in [2.75, 3.05) is 26.2 Å². The van der Waals surface area contributed by atoms with Crippen LogP contribution in [0.4, 0.5) is 0 Å². The molecule has 1 aromatic heterocycles. The van der Waals surface area contributed by atoms with E-state index in [1.165, 1.54) is 38.6 Å². The van der Waals surface area contributed by atoms with Gasteiger partial charge in [0.25, 0.3) is 0 Å². The molecular weight excluding hydrogens is 390 g/mol. The van der Waals surface area contributed by atoms with Gasteiger partial charge in [-0.05, 0) is 80.2 Å². The number of fused-ring (bicyclic) bond motifs is 4. The van der Waals surface area contributed by atoms with Gasteiger partial charge in [0.15, 0.2) is 0 Å². The standard InChI is InChI=1S/C25H35N3O3/c29-16-20(30)14-27-22-3-1-2-4-23(22)28(24(27)31)19-7-11-26(12-8-19)15-21-17-5-6-18(13-17)25(21)9-10-25/h1-4,17-21,29-30H,5-16H2/t17-,18+,20-,21?/m1/s1. The number of aliphatic hydroxyl groups is 2. The van der Waals surface area contributed by atoms with Gasteiger partial charge in [0.05, 0.1) is 30.3 Å². The quantitative estimate of drug-likeness (QED) is 0.747. The van der Waals surface area contributed by atoms with Crippen LogP contribution in [0.5, 0.6) is 0 Å². The zero-order chi connectivity index (χ0) is 21.2. The molecule has 6 nitrogen and oxygen atoms in total. The molecule has 2 heterocycles. The van der Waals surface area contributed by atoms with E-state index in [2.05, 4.69) is 4.90 Å². The molecule has 0 amide bonds. The molecule has 0 radical (unpaired) electrons. The topological polar surface area (TPSA) is 70.6 Å². The predicted molar refractivity (Wildman–Crippen MR) is 120 cm³/mol. The highest BCUT2D eigenvalue weighted by atomic mass is 16.3. The average molecular weight is 426 g/mol. The lowest BCUT2D eigenvalue weighted by molar-refractivity contribution is 0.0806. The highest BCUT2D eigenvalue weighted by molar-refractivity contribution is 5.76. The zero-order valence-corrected chi connectivity index (χ0v) is 18.3. The number of para-hydroxylation sites is 2. The van der Waals surface area contributed by atoms with Gasteiger partial charge in [0, 0.05) is 25.7 Å². The molecule has 1 saturated heterocycles. The van der Waals surface area contributed by atoms with Crippen molar-refractivity contribution in [3.8, 4) is 0 Å². The van der Waals surface area contributed by atoms with Gasteiger partial charge in [-0.3, -0.25) is 9.13 Å². The smallest absolute Gasteiger partial charge is 0.329 e. The van der Waals surface area contributed by atoms with Crippen molar-refractivity contribution in [1.29, 1.82) is 0 Å². The minimum Gasteiger partial charge on any atom is -0.394 e. The second-order valence-electron chi connectivity index (χ2n) is 10.7. The first-order valence-electron chi connectivity index (χ1n) is 12.3. The molecule has 1 spiro atoms. The van der Waals surface area contributed by atoms with E-state index in [4.69, 9.17) is 0 Å². The minimum absolute atomic E-state index is 0.0582. The number of aliphatic hydroxyl groups excluding tert-OH is 2. The third-order valence-corrected chi connectivity index (χ3v) is 9.27. The Balaban J connectivity index is 1.19. The summed E-state index contributed by atoms with van der Waals surface area (Å²) in [5.74, 6) is 2.93. The summed E-state index contributed by atoms with van der Waals surface area (Å²) >= 11 is 0. The van der Waals surface area contributed by atoms with E-state index in [9.17, 15) is 15.0 Å². The van der Waals surface area contributed by atoms with E-state index in [-0.39, 0.29) is 24.9 Å². The van der Waals surface area contributed by atoms with E-state index in [0.717, 1.165) is 60.1 Å². The number of aromatic nitrogens is 2. The number of benzene rings is 1. The second-order valence-corrected chi connectivity index (χ2v) is 10.7. The van der Waals surface area contributed by atoms with Gasteiger partial charge in [0.1, 0.15) is 0 Å². The van der Waals surface area contributed by atoms with E-state index < -0.39 is 6.10 Å². The van der Waals surface area contributed by atoms with Gasteiger partial charge in [-0.15, -0.1) is 0 Å². The molecule has 1 aliphatic heterocycles. The van der Waals surface area contributed by atoms with Crippen LogP contribution in [-0.4, -0.2) is 56.6 Å². The lowest BCUT2D eigenvalue weighted by Gasteiger charge is -2.39. The summed E-state index contributed by atoms with van der Waals surface area (Å²) in [6, 6.07) is 8.06. The van der Waals surface area contributed by atoms with Crippen LogP contribution in [0.2, 0.25) is 0 Å². The summed E-state index contributed by atoms with van der Waals surface area (Å²) in [4.78, 5) is 16.0. The Morgan fingerprint density at radius 2 is 1.81 bits per heavy atom. The van der Waals surface area contributed by atoms with Crippen LogP contribution < -0.4 is 5.69 Å². The first-order chi connectivity index (χ1) is 15.1. The van der Waals surface area contributed by atoms with Crippen molar-refractivity contribution in [3.63, 3.8) is 0 Å². The van der Waals surface area contributed by atoms with E-state index >= 15 is 0 Å². The van der Waals surface area contributed by atoms with Gasteiger partial charge in [-0.25, -0.2) is 4.79 Å². The molecule has 1 aromatic carbocycles. The average Bonchev–Trinajstić information content (AvgIpc) is 3.21. The van der Waals surface area contributed by atoms with Crippen molar-refractivity contribution < 1.29 is 10.2 Å². The fourth-order valence-electron chi connectivity index (χ4n) is 7.60. The number of nitrogens with zero attached hydrogens (tertiary/aromatic N) is 3. The molecule has 1 unspecified atom stereocenters. The highest BCUT2D eigenvalue weighted by Crippen LogP contribution is 2.71. The number of hydrogen-bond acceptors (Lipinski definition) is 4. The van der Waals surface area contributed by atoms with Crippen LogP contribution in [0.15, 0.2) is 29.1 Å². The predicted octanol–water partition coefficient (Wildman–Crippen LogP) is 2.62. The molecule has 4 fully saturated rings. The van der Waals surface area contributed by atoms with Gasteiger partial charge in [-0.2, -0.15) is 0 Å². The second kappa shape index (κ2) is 7.46. The SMILES string of the molecule is O=c1n(C[C@@H](O)CO)c2ccccc2n1C1CCN(CC2[C@@H]3CC[C@@H](C3)C23CC3)CC1. The molecule has 3 aliphatic carbocycles. The summed E-state index contributed by atoms with van der Waals surface area (Å²) in [5.41, 5.74) is 2.45. The Labute approximate surface area is 183 Å². The highest BCUT2D eigenvalue weighted by Gasteiger charge is 2.63. The number of hydrogen-bond donors (Lipinski definition) is 2. The maximum atomic E-state index is 13.3. The summed E-state index contributed by atoms with van der Waals surface area (Å²) in [7, 11) is 0. The van der Waals surface area contributed by atoms with Crippen molar-refractivity contribution in [2.24, 2.45) is 23.2 Å². The normalized spacial score (nSPS) is 31.1. The van der Waals surface area contributed by atoms with Crippen LogP contribution in [0.25, 0.3) is 11.0 Å². The number of rotatable bonds is 6. The van der Waals surface area contributed by atoms with Gasteiger partial charge < -0.3 is 15.1 Å². The number of likely N-dealkylation sites (tertiary alicyclic amines) is 1. The molecule has 2 N–H and O–H groups in total. The van der Waals surface area contributed by atoms with Gasteiger partial charge >= 0.3 is 5.69 Å². The molecular formula is C25H35N3O3. The van der Waals surface area contributed by atoms with Crippen LogP contribution in [0, 0.1) is 23.2 Å².